The lowest BCUT2D eigenvalue weighted by Crippen LogP contribution is -2.21. The summed E-state index contributed by atoms with van der Waals surface area (Å²) in [5, 5.41) is 7.76. The van der Waals surface area contributed by atoms with Gasteiger partial charge in [0.05, 0.1) is 12.0 Å². The zero-order valence-electron chi connectivity index (χ0n) is 13.6. The fourth-order valence-corrected chi connectivity index (χ4v) is 2.66. The van der Waals surface area contributed by atoms with Gasteiger partial charge in [-0.25, -0.2) is 18.4 Å². The molecule has 0 fully saturated rings. The number of amides is 1. The second-order valence-corrected chi connectivity index (χ2v) is 7.04. The topological polar surface area (TPSA) is 125 Å². The number of anilines is 1. The zero-order chi connectivity index (χ0) is 19.3. The predicted molar refractivity (Wildman–Crippen MR) is 94.7 cm³/mol. The largest absolute Gasteiger partial charge is 0.496 e. The van der Waals surface area contributed by atoms with Crippen LogP contribution in [-0.4, -0.2) is 34.0 Å². The molecule has 0 saturated carbocycles. The SMILES string of the molecule is COc1ccc(Cl)cc1C(=O)OCC(=O)Nc1ccc(S(N)(=O)=O)cc1. The number of primary sulfonamides is 1. The summed E-state index contributed by atoms with van der Waals surface area (Å²) in [5.41, 5.74) is 0.407. The Morgan fingerprint density at radius 2 is 1.81 bits per heavy atom. The molecule has 0 heterocycles. The number of benzene rings is 2. The molecule has 0 aliphatic rings. The molecule has 2 aromatic carbocycles. The first-order valence-corrected chi connectivity index (χ1v) is 9.06. The van der Waals surface area contributed by atoms with E-state index >= 15 is 0 Å². The van der Waals surface area contributed by atoms with Crippen LogP contribution in [0.2, 0.25) is 5.02 Å². The lowest BCUT2D eigenvalue weighted by molar-refractivity contribution is -0.119. The van der Waals surface area contributed by atoms with Gasteiger partial charge in [-0.1, -0.05) is 11.6 Å². The number of nitrogens with two attached hydrogens (primary N) is 1. The Labute approximate surface area is 154 Å². The van der Waals surface area contributed by atoms with Crippen molar-refractivity contribution in [3.8, 4) is 5.75 Å². The van der Waals surface area contributed by atoms with Crippen LogP contribution in [0.5, 0.6) is 5.75 Å². The highest BCUT2D eigenvalue weighted by atomic mass is 35.5. The minimum Gasteiger partial charge on any atom is -0.496 e. The molecule has 1 amide bonds. The molecule has 26 heavy (non-hydrogen) atoms. The van der Waals surface area contributed by atoms with Gasteiger partial charge in [0.2, 0.25) is 10.0 Å². The van der Waals surface area contributed by atoms with Gasteiger partial charge in [0.1, 0.15) is 11.3 Å². The van der Waals surface area contributed by atoms with Gasteiger partial charge in [0, 0.05) is 10.7 Å². The van der Waals surface area contributed by atoms with Gasteiger partial charge in [0.25, 0.3) is 5.91 Å². The number of rotatable bonds is 6. The van der Waals surface area contributed by atoms with Crippen molar-refractivity contribution in [1.29, 1.82) is 0 Å². The smallest absolute Gasteiger partial charge is 0.342 e. The normalized spacial score (nSPS) is 10.9. The van der Waals surface area contributed by atoms with Crippen LogP contribution in [-0.2, 0) is 19.6 Å². The second kappa shape index (κ2) is 8.17. The molecule has 2 rings (SSSR count). The molecule has 0 radical (unpaired) electrons. The number of carbonyl (C=O) groups is 2. The Balaban J connectivity index is 1.96. The van der Waals surface area contributed by atoms with E-state index in [2.05, 4.69) is 5.32 Å². The van der Waals surface area contributed by atoms with E-state index in [1.165, 1.54) is 43.5 Å². The average Bonchev–Trinajstić information content (AvgIpc) is 2.59. The highest BCUT2D eigenvalue weighted by Crippen LogP contribution is 2.23. The van der Waals surface area contributed by atoms with E-state index in [9.17, 15) is 18.0 Å². The maximum Gasteiger partial charge on any atom is 0.342 e. The number of esters is 1. The quantitative estimate of drug-likeness (QED) is 0.714. The summed E-state index contributed by atoms with van der Waals surface area (Å²) >= 11 is 5.84. The molecule has 0 bridgehead atoms. The fraction of sp³-hybridized carbons (Fsp3) is 0.125. The van der Waals surface area contributed by atoms with Gasteiger partial charge >= 0.3 is 5.97 Å². The van der Waals surface area contributed by atoms with Gasteiger partial charge < -0.3 is 14.8 Å². The molecule has 0 saturated heterocycles. The van der Waals surface area contributed by atoms with E-state index in [0.29, 0.717) is 10.7 Å². The monoisotopic (exact) mass is 398 g/mol. The fourth-order valence-electron chi connectivity index (χ4n) is 1.97. The third kappa shape index (κ3) is 5.19. The van der Waals surface area contributed by atoms with Crippen molar-refractivity contribution in [3.63, 3.8) is 0 Å². The number of halogens is 1. The minimum atomic E-state index is -3.82. The first-order chi connectivity index (χ1) is 12.2. The number of methoxy groups -OCH3 is 1. The number of nitrogens with one attached hydrogen (secondary N) is 1. The number of hydrogen-bond donors (Lipinski definition) is 2. The molecule has 2 aromatic rings. The van der Waals surface area contributed by atoms with Gasteiger partial charge in [-0.2, -0.15) is 0 Å². The lowest BCUT2D eigenvalue weighted by Gasteiger charge is -2.10. The van der Waals surface area contributed by atoms with E-state index in [1.807, 2.05) is 0 Å². The maximum atomic E-state index is 12.1. The van der Waals surface area contributed by atoms with E-state index in [-0.39, 0.29) is 16.2 Å². The Morgan fingerprint density at radius 3 is 2.38 bits per heavy atom. The molecule has 0 aliphatic carbocycles. The van der Waals surface area contributed by atoms with Crippen molar-refractivity contribution in [2.24, 2.45) is 5.14 Å². The summed E-state index contributed by atoms with van der Waals surface area (Å²) in [7, 11) is -2.43. The summed E-state index contributed by atoms with van der Waals surface area (Å²) in [6.45, 7) is -0.550. The minimum absolute atomic E-state index is 0.0880. The third-order valence-corrected chi connectivity index (χ3v) is 4.35. The summed E-state index contributed by atoms with van der Waals surface area (Å²) in [4.78, 5) is 23.8. The summed E-state index contributed by atoms with van der Waals surface area (Å²) < 4.78 is 32.3. The highest BCUT2D eigenvalue weighted by Gasteiger charge is 2.16. The van der Waals surface area contributed by atoms with Crippen LogP contribution in [0.1, 0.15) is 10.4 Å². The van der Waals surface area contributed by atoms with E-state index in [0.717, 1.165) is 0 Å². The van der Waals surface area contributed by atoms with Gasteiger partial charge in [-0.05, 0) is 42.5 Å². The Kier molecular flexibility index (Phi) is 6.19. The number of carbonyl (C=O) groups excluding carboxylic acids is 2. The maximum absolute atomic E-state index is 12.1. The van der Waals surface area contributed by atoms with Crippen LogP contribution in [0, 0.1) is 0 Å². The molecule has 0 atom stereocenters. The van der Waals surface area contributed by atoms with Gasteiger partial charge in [0.15, 0.2) is 6.61 Å². The Hall–Kier alpha value is -2.62. The Morgan fingerprint density at radius 1 is 1.15 bits per heavy atom. The first-order valence-electron chi connectivity index (χ1n) is 7.14. The zero-order valence-corrected chi connectivity index (χ0v) is 15.1. The van der Waals surface area contributed by atoms with Crippen molar-refractivity contribution >= 4 is 39.2 Å². The molecular formula is C16H15ClN2O6S. The standard InChI is InChI=1S/C16H15ClN2O6S/c1-24-14-7-2-10(17)8-13(14)16(21)25-9-15(20)19-11-3-5-12(6-4-11)26(18,22)23/h2-8H,9H2,1H3,(H,19,20)(H2,18,22,23). The van der Waals surface area contributed by atoms with Crippen LogP contribution >= 0.6 is 11.6 Å². The Bertz CT molecular complexity index is 928. The van der Waals surface area contributed by atoms with Gasteiger partial charge in [-0.15, -0.1) is 0 Å². The van der Waals surface area contributed by atoms with Crippen molar-refractivity contribution in [2.75, 3.05) is 19.0 Å². The molecule has 138 valence electrons. The van der Waals surface area contributed by atoms with E-state index in [1.54, 1.807) is 6.07 Å². The molecule has 8 nitrogen and oxygen atoms in total. The van der Waals surface area contributed by atoms with Crippen molar-refractivity contribution in [2.45, 2.75) is 4.90 Å². The lowest BCUT2D eigenvalue weighted by atomic mass is 10.2. The number of sulfonamides is 1. The molecule has 0 spiro atoms. The first kappa shape index (κ1) is 19.7. The van der Waals surface area contributed by atoms with Crippen LogP contribution in [0.4, 0.5) is 5.69 Å². The molecule has 0 aromatic heterocycles. The van der Waals surface area contributed by atoms with Crippen LogP contribution < -0.4 is 15.2 Å². The van der Waals surface area contributed by atoms with E-state index < -0.39 is 28.5 Å². The highest BCUT2D eigenvalue weighted by molar-refractivity contribution is 7.89. The molecular weight excluding hydrogens is 384 g/mol. The summed E-state index contributed by atoms with van der Waals surface area (Å²) in [6, 6.07) is 9.63. The number of ether oxygens (including phenoxy) is 2. The molecule has 10 heteroatoms. The average molecular weight is 399 g/mol. The predicted octanol–water partition coefficient (Wildman–Crippen LogP) is 1.79. The van der Waals surface area contributed by atoms with Crippen molar-refractivity contribution in [1.82, 2.24) is 0 Å². The van der Waals surface area contributed by atoms with E-state index in [4.69, 9.17) is 26.2 Å². The molecule has 3 N–H and O–H groups in total. The van der Waals surface area contributed by atoms with Crippen LogP contribution in [0.25, 0.3) is 0 Å². The number of hydrogen-bond acceptors (Lipinski definition) is 6. The summed E-state index contributed by atoms with van der Waals surface area (Å²) in [6.07, 6.45) is 0. The van der Waals surface area contributed by atoms with Gasteiger partial charge in [-0.3, -0.25) is 4.79 Å². The van der Waals surface area contributed by atoms with Crippen molar-refractivity contribution < 1.29 is 27.5 Å². The van der Waals surface area contributed by atoms with Crippen molar-refractivity contribution in [3.05, 3.63) is 53.1 Å². The second-order valence-electron chi connectivity index (χ2n) is 5.04. The molecule has 0 aliphatic heterocycles. The van der Waals surface area contributed by atoms with Crippen LogP contribution in [0.15, 0.2) is 47.4 Å². The van der Waals surface area contributed by atoms with Crippen LogP contribution in [0.3, 0.4) is 0 Å². The third-order valence-electron chi connectivity index (χ3n) is 3.18. The summed E-state index contributed by atoms with van der Waals surface area (Å²) in [5.74, 6) is -1.12. The molecule has 0 unspecified atom stereocenters.